The van der Waals surface area contributed by atoms with Gasteiger partial charge >= 0.3 is 0 Å². The van der Waals surface area contributed by atoms with Crippen LogP contribution < -0.4 is 20.1 Å². The van der Waals surface area contributed by atoms with Gasteiger partial charge in [0.15, 0.2) is 0 Å². The molecule has 1 aromatic carbocycles. The minimum Gasteiger partial charge on any atom is -0.495 e. The molecule has 0 radical (unpaired) electrons. The van der Waals surface area contributed by atoms with Crippen LogP contribution in [-0.4, -0.2) is 33.2 Å². The summed E-state index contributed by atoms with van der Waals surface area (Å²) in [6, 6.07) is 3.31. The maximum absolute atomic E-state index is 12.2. The lowest BCUT2D eigenvalue weighted by Crippen LogP contribution is -2.37. The van der Waals surface area contributed by atoms with Crippen molar-refractivity contribution >= 4 is 35.6 Å². The van der Waals surface area contributed by atoms with E-state index in [1.54, 1.807) is 19.2 Å². The number of hydrogen-bond donors (Lipinski definition) is 2. The van der Waals surface area contributed by atoms with Crippen LogP contribution in [-0.2, 0) is 4.79 Å². The number of carbonyl (C=O) groups is 1. The molecule has 1 unspecified atom stereocenters. The largest absolute Gasteiger partial charge is 0.495 e. The first kappa shape index (κ1) is 17.9. The van der Waals surface area contributed by atoms with E-state index in [-0.39, 0.29) is 24.2 Å². The third-order valence-electron chi connectivity index (χ3n) is 3.40. The molecule has 0 aliphatic carbocycles. The summed E-state index contributed by atoms with van der Waals surface area (Å²) in [5.74, 6) is 1.01. The van der Waals surface area contributed by atoms with Gasteiger partial charge in [0, 0.05) is 12.6 Å². The first-order valence-corrected chi connectivity index (χ1v) is 6.96. The van der Waals surface area contributed by atoms with Crippen LogP contribution in [0.2, 0.25) is 5.02 Å². The smallest absolute Gasteiger partial charge is 0.228 e. The highest BCUT2D eigenvalue weighted by Gasteiger charge is 2.22. The van der Waals surface area contributed by atoms with Gasteiger partial charge in [0.05, 0.1) is 30.8 Å². The molecule has 1 aromatic rings. The van der Waals surface area contributed by atoms with Crippen molar-refractivity contribution in [1.29, 1.82) is 0 Å². The van der Waals surface area contributed by atoms with Gasteiger partial charge in [0.2, 0.25) is 5.91 Å². The van der Waals surface area contributed by atoms with Crippen molar-refractivity contribution in [1.82, 2.24) is 5.32 Å². The van der Waals surface area contributed by atoms with E-state index in [0.29, 0.717) is 28.8 Å². The number of piperidine rings is 1. The lowest BCUT2D eigenvalue weighted by atomic mass is 9.99. The van der Waals surface area contributed by atoms with Crippen LogP contribution in [0.3, 0.4) is 0 Å². The Morgan fingerprint density at radius 2 is 2.05 bits per heavy atom. The molecule has 1 atom stereocenters. The fraction of sp³-hybridized carbons (Fsp3) is 0.500. The van der Waals surface area contributed by atoms with E-state index in [1.807, 2.05) is 0 Å². The third-order valence-corrected chi connectivity index (χ3v) is 3.69. The highest BCUT2D eigenvalue weighted by Crippen LogP contribution is 2.36. The van der Waals surface area contributed by atoms with E-state index in [2.05, 4.69) is 10.6 Å². The molecule has 1 amide bonds. The van der Waals surface area contributed by atoms with Crippen molar-refractivity contribution in [3.05, 3.63) is 17.2 Å². The van der Waals surface area contributed by atoms with Gasteiger partial charge in [-0.2, -0.15) is 0 Å². The van der Waals surface area contributed by atoms with Gasteiger partial charge in [-0.05, 0) is 25.5 Å². The van der Waals surface area contributed by atoms with Crippen molar-refractivity contribution < 1.29 is 14.3 Å². The van der Waals surface area contributed by atoms with E-state index in [1.165, 1.54) is 7.11 Å². The zero-order valence-corrected chi connectivity index (χ0v) is 13.6. The molecule has 1 heterocycles. The Labute approximate surface area is 135 Å². The van der Waals surface area contributed by atoms with E-state index in [9.17, 15) is 4.79 Å². The number of nitrogens with one attached hydrogen (secondary N) is 2. The second-order valence-electron chi connectivity index (χ2n) is 4.72. The molecule has 1 aliphatic heterocycles. The molecule has 1 fully saturated rings. The molecule has 0 saturated carbocycles. The first-order valence-electron chi connectivity index (χ1n) is 6.58. The summed E-state index contributed by atoms with van der Waals surface area (Å²) in [6.07, 6.45) is 1.91. The molecule has 1 saturated heterocycles. The number of amides is 1. The van der Waals surface area contributed by atoms with Crippen molar-refractivity contribution in [3.63, 3.8) is 0 Å². The summed E-state index contributed by atoms with van der Waals surface area (Å²) in [5, 5.41) is 6.54. The van der Waals surface area contributed by atoms with Crippen molar-refractivity contribution in [2.45, 2.75) is 12.8 Å². The molecule has 2 N–H and O–H groups in total. The van der Waals surface area contributed by atoms with Gasteiger partial charge < -0.3 is 20.1 Å². The summed E-state index contributed by atoms with van der Waals surface area (Å²) in [4.78, 5) is 12.2. The highest BCUT2D eigenvalue weighted by atomic mass is 35.5. The standard InChI is InChI=1S/C14H19ClN2O3.ClH/c1-19-12-7-13(20-2)11(6-10(12)15)17-14(18)9-4-3-5-16-8-9;/h6-7,9,16H,3-5,8H2,1-2H3,(H,17,18);1H. The van der Waals surface area contributed by atoms with E-state index >= 15 is 0 Å². The average molecular weight is 335 g/mol. The zero-order valence-electron chi connectivity index (χ0n) is 12.1. The fourth-order valence-electron chi connectivity index (χ4n) is 2.27. The number of benzene rings is 1. The number of halogens is 2. The monoisotopic (exact) mass is 334 g/mol. The summed E-state index contributed by atoms with van der Waals surface area (Å²) in [7, 11) is 3.08. The average Bonchev–Trinajstić information content (AvgIpc) is 2.48. The molecule has 0 spiro atoms. The van der Waals surface area contributed by atoms with Crippen LogP contribution in [0.5, 0.6) is 11.5 Å². The lowest BCUT2D eigenvalue weighted by molar-refractivity contribution is -0.120. The number of methoxy groups -OCH3 is 2. The Morgan fingerprint density at radius 3 is 2.62 bits per heavy atom. The van der Waals surface area contributed by atoms with Crippen LogP contribution in [0.25, 0.3) is 0 Å². The zero-order chi connectivity index (χ0) is 14.5. The van der Waals surface area contributed by atoms with Gasteiger partial charge in [-0.3, -0.25) is 4.79 Å². The molecular formula is C14H20Cl2N2O3. The van der Waals surface area contributed by atoms with Gasteiger partial charge in [0.25, 0.3) is 0 Å². The van der Waals surface area contributed by atoms with E-state index in [0.717, 1.165) is 19.4 Å². The summed E-state index contributed by atoms with van der Waals surface area (Å²) >= 11 is 6.08. The lowest BCUT2D eigenvalue weighted by Gasteiger charge is -2.22. The molecule has 118 valence electrons. The molecule has 7 heteroatoms. The van der Waals surface area contributed by atoms with Crippen LogP contribution >= 0.6 is 24.0 Å². The van der Waals surface area contributed by atoms with Crippen molar-refractivity contribution in [2.75, 3.05) is 32.6 Å². The number of hydrogen-bond acceptors (Lipinski definition) is 4. The fourth-order valence-corrected chi connectivity index (χ4v) is 2.51. The second-order valence-corrected chi connectivity index (χ2v) is 5.13. The maximum atomic E-state index is 12.2. The quantitative estimate of drug-likeness (QED) is 0.888. The Hall–Kier alpha value is -1.17. The molecule has 1 aliphatic rings. The Morgan fingerprint density at radius 1 is 1.33 bits per heavy atom. The van der Waals surface area contributed by atoms with Crippen LogP contribution in [0.15, 0.2) is 12.1 Å². The topological polar surface area (TPSA) is 59.6 Å². The SMILES string of the molecule is COc1cc(OC)c(NC(=O)C2CCCNC2)cc1Cl.Cl. The minimum atomic E-state index is -0.0191. The van der Waals surface area contributed by atoms with Crippen LogP contribution in [0.4, 0.5) is 5.69 Å². The molecule has 21 heavy (non-hydrogen) atoms. The van der Waals surface area contributed by atoms with E-state index < -0.39 is 0 Å². The van der Waals surface area contributed by atoms with Crippen molar-refractivity contribution in [3.8, 4) is 11.5 Å². The van der Waals surface area contributed by atoms with Gasteiger partial charge in [-0.25, -0.2) is 0 Å². The molecular weight excluding hydrogens is 315 g/mol. The van der Waals surface area contributed by atoms with Crippen LogP contribution in [0, 0.1) is 5.92 Å². The third kappa shape index (κ3) is 4.40. The predicted molar refractivity (Wildman–Crippen MR) is 86.0 cm³/mol. The van der Waals surface area contributed by atoms with E-state index in [4.69, 9.17) is 21.1 Å². The molecule has 0 aromatic heterocycles. The molecule has 5 nitrogen and oxygen atoms in total. The Bertz CT molecular complexity index is 491. The van der Waals surface area contributed by atoms with Gasteiger partial charge in [0.1, 0.15) is 11.5 Å². The Balaban J connectivity index is 0.00000220. The molecule has 2 rings (SSSR count). The van der Waals surface area contributed by atoms with Crippen LogP contribution in [0.1, 0.15) is 12.8 Å². The summed E-state index contributed by atoms with van der Waals surface area (Å²) in [6.45, 7) is 1.68. The summed E-state index contributed by atoms with van der Waals surface area (Å²) < 4.78 is 10.4. The number of anilines is 1. The maximum Gasteiger partial charge on any atom is 0.228 e. The van der Waals surface area contributed by atoms with Crippen molar-refractivity contribution in [2.24, 2.45) is 5.92 Å². The molecule has 0 bridgehead atoms. The Kier molecular flexibility index (Phi) is 7.08. The first-order chi connectivity index (χ1) is 9.65. The van der Waals surface area contributed by atoms with Gasteiger partial charge in [-0.15, -0.1) is 12.4 Å². The van der Waals surface area contributed by atoms with Gasteiger partial charge in [-0.1, -0.05) is 11.6 Å². The number of ether oxygens (including phenoxy) is 2. The summed E-state index contributed by atoms with van der Waals surface area (Å²) in [5.41, 5.74) is 0.564. The highest BCUT2D eigenvalue weighted by molar-refractivity contribution is 6.32. The minimum absolute atomic E-state index is 0. The number of rotatable bonds is 4. The predicted octanol–water partition coefficient (Wildman–Crippen LogP) is 2.72. The second kappa shape index (κ2) is 8.32. The number of carbonyl (C=O) groups excluding carboxylic acids is 1. The normalized spacial score (nSPS) is 17.6.